The second-order valence-corrected chi connectivity index (χ2v) is 7.60. The molecule has 1 atom stereocenters. The van der Waals surface area contributed by atoms with Gasteiger partial charge in [-0.1, -0.05) is 27.7 Å². The zero-order chi connectivity index (χ0) is 15.6. The maximum atomic E-state index is 12.2. The number of H-pyrrole nitrogens is 1. The van der Waals surface area contributed by atoms with E-state index in [1.54, 1.807) is 0 Å². The highest BCUT2D eigenvalue weighted by Crippen LogP contribution is 2.26. The first-order chi connectivity index (χ1) is 9.82. The molecule has 0 bridgehead atoms. The Morgan fingerprint density at radius 2 is 2.19 bits per heavy atom. The smallest absolute Gasteiger partial charge is 0.264 e. The second kappa shape index (κ2) is 6.75. The molecule has 0 radical (unpaired) electrons. The first-order valence-electron chi connectivity index (χ1n) is 7.47. The van der Waals surface area contributed by atoms with Gasteiger partial charge in [-0.2, -0.15) is 0 Å². The van der Waals surface area contributed by atoms with Crippen LogP contribution in [-0.2, 0) is 10.2 Å². The summed E-state index contributed by atoms with van der Waals surface area (Å²) >= 11 is 2.08. The van der Waals surface area contributed by atoms with Gasteiger partial charge in [0.25, 0.3) is 5.56 Å². The quantitative estimate of drug-likeness (QED) is 0.786. The van der Waals surface area contributed by atoms with Crippen LogP contribution < -0.4 is 5.56 Å². The molecule has 0 aromatic carbocycles. The van der Waals surface area contributed by atoms with Gasteiger partial charge in [-0.3, -0.25) is 9.69 Å². The third kappa shape index (κ3) is 4.04. The van der Waals surface area contributed by atoms with Crippen LogP contribution in [0.1, 0.15) is 51.7 Å². The summed E-state index contributed by atoms with van der Waals surface area (Å²) in [7, 11) is 0. The van der Waals surface area contributed by atoms with Gasteiger partial charge in [0.05, 0.1) is 12.3 Å². The summed E-state index contributed by atoms with van der Waals surface area (Å²) in [6.07, 6.45) is 0.979. The van der Waals surface area contributed by atoms with Gasteiger partial charge in [-0.15, -0.1) is 0 Å². The summed E-state index contributed by atoms with van der Waals surface area (Å²) < 4.78 is 6.50. The molecule has 0 saturated carbocycles. The zero-order valence-corrected chi connectivity index (χ0v) is 15.4. The molecule has 1 aliphatic heterocycles. The van der Waals surface area contributed by atoms with Gasteiger partial charge in [-0.25, -0.2) is 4.98 Å². The lowest BCUT2D eigenvalue weighted by molar-refractivity contribution is -0.0345. The van der Waals surface area contributed by atoms with Gasteiger partial charge in [0.15, 0.2) is 0 Å². The Kier molecular flexibility index (Phi) is 5.43. The van der Waals surface area contributed by atoms with Gasteiger partial charge >= 0.3 is 0 Å². The van der Waals surface area contributed by atoms with Crippen molar-refractivity contribution < 1.29 is 4.74 Å². The van der Waals surface area contributed by atoms with Gasteiger partial charge in [-0.05, 0) is 35.6 Å². The number of morpholine rings is 1. The van der Waals surface area contributed by atoms with Crippen molar-refractivity contribution in [1.29, 1.82) is 0 Å². The molecule has 1 N–H and O–H groups in total. The first-order valence-corrected chi connectivity index (χ1v) is 8.55. The van der Waals surface area contributed by atoms with Crippen molar-refractivity contribution in [3.05, 3.63) is 25.4 Å². The minimum absolute atomic E-state index is 0.0678. The fourth-order valence-electron chi connectivity index (χ4n) is 2.51. The van der Waals surface area contributed by atoms with Crippen LogP contribution in [0.4, 0.5) is 0 Å². The van der Waals surface area contributed by atoms with Gasteiger partial charge in [0.2, 0.25) is 0 Å². The Morgan fingerprint density at radius 1 is 1.48 bits per heavy atom. The van der Waals surface area contributed by atoms with Crippen LogP contribution >= 0.6 is 22.6 Å². The van der Waals surface area contributed by atoms with Gasteiger partial charge in [0.1, 0.15) is 15.5 Å². The topological polar surface area (TPSA) is 58.2 Å². The Morgan fingerprint density at radius 3 is 2.81 bits per heavy atom. The van der Waals surface area contributed by atoms with Gasteiger partial charge in [0, 0.05) is 18.5 Å². The van der Waals surface area contributed by atoms with E-state index in [1.165, 1.54) is 0 Å². The predicted octanol–water partition coefficient (Wildman–Crippen LogP) is 2.46. The highest BCUT2D eigenvalue weighted by atomic mass is 127. The lowest BCUT2D eigenvalue weighted by Crippen LogP contribution is -2.40. The van der Waals surface area contributed by atoms with Crippen molar-refractivity contribution in [1.82, 2.24) is 14.9 Å². The summed E-state index contributed by atoms with van der Waals surface area (Å²) in [6.45, 7) is 11.9. The van der Waals surface area contributed by atoms with Crippen molar-refractivity contribution in [2.45, 2.75) is 45.6 Å². The Bertz CT molecular complexity index is 549. The van der Waals surface area contributed by atoms with Crippen molar-refractivity contribution in [3.8, 4) is 0 Å². The molecule has 1 aromatic heterocycles. The maximum absolute atomic E-state index is 12.2. The maximum Gasteiger partial charge on any atom is 0.264 e. The van der Waals surface area contributed by atoms with E-state index in [1.807, 2.05) is 0 Å². The van der Waals surface area contributed by atoms with Crippen LogP contribution in [0.25, 0.3) is 0 Å². The fraction of sp³-hybridized carbons (Fsp3) is 0.733. The first kappa shape index (κ1) is 16.9. The zero-order valence-electron chi connectivity index (χ0n) is 13.2. The molecule has 1 unspecified atom stereocenters. The molecule has 1 aromatic rings. The number of ether oxygens (including phenoxy) is 1. The molecular weight excluding hydrogens is 381 g/mol. The molecule has 1 saturated heterocycles. The molecule has 118 valence electrons. The van der Waals surface area contributed by atoms with E-state index in [0.717, 1.165) is 31.7 Å². The third-order valence-electron chi connectivity index (χ3n) is 3.59. The summed E-state index contributed by atoms with van der Waals surface area (Å²) in [5.74, 6) is 0.658. The molecule has 1 fully saturated rings. The summed E-state index contributed by atoms with van der Waals surface area (Å²) in [5.41, 5.74) is 0.622. The van der Waals surface area contributed by atoms with E-state index in [4.69, 9.17) is 9.72 Å². The minimum Gasteiger partial charge on any atom is -0.368 e. The summed E-state index contributed by atoms with van der Waals surface area (Å²) in [5, 5.41) is 0. The van der Waals surface area contributed by atoms with Crippen LogP contribution in [0.2, 0.25) is 0 Å². The number of halogens is 1. The Hall–Kier alpha value is -0.470. The molecule has 1 aliphatic rings. The normalized spacial score (nSPS) is 20.7. The van der Waals surface area contributed by atoms with Crippen LogP contribution in [-0.4, -0.2) is 41.1 Å². The van der Waals surface area contributed by atoms with E-state index in [2.05, 4.69) is 60.2 Å². The Balaban J connectivity index is 2.32. The lowest BCUT2D eigenvalue weighted by Gasteiger charge is -2.32. The van der Waals surface area contributed by atoms with Crippen LogP contribution in [0.3, 0.4) is 0 Å². The van der Waals surface area contributed by atoms with Crippen LogP contribution in [0.15, 0.2) is 4.79 Å². The molecule has 2 heterocycles. The minimum atomic E-state index is -0.155. The van der Waals surface area contributed by atoms with Crippen molar-refractivity contribution in [2.24, 2.45) is 0 Å². The standard InChI is InChI=1S/C15H24IN3O2/c1-5-6-19-7-8-21-10(9-19)13-17-12(15(2,3)4)11(16)14(20)18-13/h10H,5-9H2,1-4H3,(H,17,18,20). The molecule has 2 rings (SSSR count). The molecule has 0 amide bonds. The Labute approximate surface area is 139 Å². The third-order valence-corrected chi connectivity index (χ3v) is 4.59. The number of hydrogen-bond acceptors (Lipinski definition) is 4. The van der Waals surface area contributed by atoms with E-state index in [0.29, 0.717) is 16.0 Å². The van der Waals surface area contributed by atoms with Crippen molar-refractivity contribution in [2.75, 3.05) is 26.2 Å². The number of aromatic nitrogens is 2. The summed E-state index contributed by atoms with van der Waals surface area (Å²) in [6, 6.07) is 0. The number of nitrogens with one attached hydrogen (secondary N) is 1. The molecule has 5 nitrogen and oxygen atoms in total. The number of nitrogens with zero attached hydrogens (tertiary/aromatic N) is 2. The van der Waals surface area contributed by atoms with E-state index < -0.39 is 0 Å². The van der Waals surface area contributed by atoms with E-state index in [9.17, 15) is 4.79 Å². The molecule has 21 heavy (non-hydrogen) atoms. The second-order valence-electron chi connectivity index (χ2n) is 6.52. The largest absolute Gasteiger partial charge is 0.368 e. The summed E-state index contributed by atoms with van der Waals surface area (Å²) in [4.78, 5) is 22.2. The van der Waals surface area contributed by atoms with E-state index in [-0.39, 0.29) is 17.1 Å². The molecule has 6 heteroatoms. The van der Waals surface area contributed by atoms with Crippen LogP contribution in [0.5, 0.6) is 0 Å². The van der Waals surface area contributed by atoms with Crippen LogP contribution in [0, 0.1) is 3.57 Å². The average molecular weight is 405 g/mol. The van der Waals surface area contributed by atoms with E-state index >= 15 is 0 Å². The SMILES string of the molecule is CCCN1CCOC(c2nc(C(C)(C)C)c(I)c(=O)[nH]2)C1. The molecule has 0 aliphatic carbocycles. The molecule has 0 spiro atoms. The highest BCUT2D eigenvalue weighted by Gasteiger charge is 2.27. The average Bonchev–Trinajstić information content (AvgIpc) is 2.41. The monoisotopic (exact) mass is 405 g/mol. The van der Waals surface area contributed by atoms with Crippen molar-refractivity contribution >= 4 is 22.6 Å². The number of hydrogen-bond donors (Lipinski definition) is 1. The molecular formula is C15H24IN3O2. The number of rotatable bonds is 3. The fourth-order valence-corrected chi connectivity index (χ4v) is 3.58. The predicted molar refractivity (Wildman–Crippen MR) is 91.7 cm³/mol. The lowest BCUT2D eigenvalue weighted by atomic mass is 9.92. The highest BCUT2D eigenvalue weighted by molar-refractivity contribution is 14.1. The number of aromatic amines is 1. The van der Waals surface area contributed by atoms with Gasteiger partial charge < -0.3 is 9.72 Å². The van der Waals surface area contributed by atoms with Crippen molar-refractivity contribution in [3.63, 3.8) is 0 Å².